The van der Waals surface area contributed by atoms with Crippen molar-refractivity contribution in [3.63, 3.8) is 0 Å². The number of nitrogens with one attached hydrogen (secondary N) is 2. The maximum Gasteiger partial charge on any atom is 0.257 e. The fourth-order valence-electron chi connectivity index (χ4n) is 2.43. The van der Waals surface area contributed by atoms with Gasteiger partial charge in [-0.15, -0.1) is 11.3 Å². The summed E-state index contributed by atoms with van der Waals surface area (Å²) in [6.45, 7) is 1.26. The third-order valence-electron chi connectivity index (χ3n) is 3.69. The molecule has 0 aliphatic carbocycles. The normalized spacial score (nSPS) is 10.6. The molecule has 5 nitrogen and oxygen atoms in total. The molecule has 0 saturated heterocycles. The van der Waals surface area contributed by atoms with Crippen LogP contribution in [-0.4, -0.2) is 16.8 Å². The van der Waals surface area contributed by atoms with Crippen molar-refractivity contribution in [2.24, 2.45) is 0 Å². The molecule has 2 amide bonds. The fraction of sp³-hybridized carbons (Fsp3) is 0.105. The van der Waals surface area contributed by atoms with Crippen molar-refractivity contribution in [1.29, 1.82) is 0 Å². The lowest BCUT2D eigenvalue weighted by molar-refractivity contribution is -0.114. The second kappa shape index (κ2) is 8.68. The molecule has 2 N–H and O–H groups in total. The molecular weight excluding hydrogens is 424 g/mol. The van der Waals surface area contributed by atoms with Crippen molar-refractivity contribution >= 4 is 57.2 Å². The van der Waals surface area contributed by atoms with Gasteiger partial charge in [-0.2, -0.15) is 0 Å². The third kappa shape index (κ3) is 5.07. The average molecular weight is 438 g/mol. The summed E-state index contributed by atoms with van der Waals surface area (Å²) in [5.74, 6) is -1.52. The topological polar surface area (TPSA) is 71.1 Å². The van der Waals surface area contributed by atoms with Crippen LogP contribution in [-0.2, 0) is 11.2 Å². The Hall–Kier alpha value is -2.48. The van der Waals surface area contributed by atoms with Crippen LogP contribution in [0.4, 0.5) is 15.2 Å². The van der Waals surface area contributed by atoms with Crippen molar-refractivity contribution in [3.05, 3.63) is 74.5 Å². The van der Waals surface area contributed by atoms with Crippen LogP contribution in [0.5, 0.6) is 0 Å². The molecule has 0 unspecified atom stereocenters. The van der Waals surface area contributed by atoms with Crippen LogP contribution in [0.1, 0.15) is 27.7 Å². The van der Waals surface area contributed by atoms with Gasteiger partial charge in [0.1, 0.15) is 5.82 Å². The minimum atomic E-state index is -0.623. The highest BCUT2D eigenvalue weighted by atomic mass is 35.5. The monoisotopic (exact) mass is 437 g/mol. The number of amides is 2. The first-order valence-corrected chi connectivity index (χ1v) is 9.66. The van der Waals surface area contributed by atoms with Gasteiger partial charge >= 0.3 is 0 Å². The van der Waals surface area contributed by atoms with Crippen LogP contribution in [0.25, 0.3) is 0 Å². The van der Waals surface area contributed by atoms with Crippen LogP contribution in [0, 0.1) is 5.82 Å². The standard InChI is InChI=1S/C19H14Cl2FN3O2S/c1-10(26)24-17-8-11(2-5-16(17)22)18(27)25-19-23-9-14(28-19)7-12-6-13(20)3-4-15(12)21/h2-6,8-9H,7H2,1H3,(H,24,26)(H,23,25,27). The summed E-state index contributed by atoms with van der Waals surface area (Å²) in [7, 11) is 0. The van der Waals surface area contributed by atoms with Crippen molar-refractivity contribution in [3.8, 4) is 0 Å². The molecule has 0 aliphatic rings. The number of nitrogens with zero attached hydrogens (tertiary/aromatic N) is 1. The number of carbonyl (C=O) groups excluding carboxylic acids is 2. The molecule has 0 aliphatic heterocycles. The van der Waals surface area contributed by atoms with Gasteiger partial charge in [-0.05, 0) is 42.0 Å². The smallest absolute Gasteiger partial charge is 0.257 e. The number of rotatable bonds is 5. The van der Waals surface area contributed by atoms with Crippen LogP contribution in [0.3, 0.4) is 0 Å². The number of benzene rings is 2. The quantitative estimate of drug-likeness (QED) is 0.561. The summed E-state index contributed by atoms with van der Waals surface area (Å²) >= 11 is 13.5. The number of halogens is 3. The van der Waals surface area contributed by atoms with Gasteiger partial charge in [0.25, 0.3) is 5.91 Å². The zero-order chi connectivity index (χ0) is 20.3. The molecule has 0 bridgehead atoms. The van der Waals surface area contributed by atoms with Crippen molar-refractivity contribution < 1.29 is 14.0 Å². The lowest BCUT2D eigenvalue weighted by atomic mass is 10.1. The summed E-state index contributed by atoms with van der Waals surface area (Å²) in [6, 6.07) is 8.94. The summed E-state index contributed by atoms with van der Waals surface area (Å²) in [6.07, 6.45) is 2.17. The van der Waals surface area contributed by atoms with Gasteiger partial charge in [0.2, 0.25) is 5.91 Å². The van der Waals surface area contributed by atoms with E-state index in [1.807, 2.05) is 0 Å². The van der Waals surface area contributed by atoms with E-state index in [4.69, 9.17) is 23.2 Å². The van der Waals surface area contributed by atoms with Gasteiger partial charge in [0.05, 0.1) is 5.69 Å². The minimum absolute atomic E-state index is 0.0597. The number of thiazole rings is 1. The molecule has 9 heteroatoms. The Morgan fingerprint density at radius 2 is 1.93 bits per heavy atom. The Labute approximate surface area is 174 Å². The van der Waals surface area contributed by atoms with Crippen molar-refractivity contribution in [2.45, 2.75) is 13.3 Å². The van der Waals surface area contributed by atoms with E-state index in [-0.39, 0.29) is 11.3 Å². The van der Waals surface area contributed by atoms with Crippen molar-refractivity contribution in [1.82, 2.24) is 4.98 Å². The molecular formula is C19H14Cl2FN3O2S. The van der Waals surface area contributed by atoms with Gasteiger partial charge in [-0.25, -0.2) is 9.37 Å². The van der Waals surface area contributed by atoms with E-state index < -0.39 is 17.6 Å². The highest BCUT2D eigenvalue weighted by Gasteiger charge is 2.13. The Bertz CT molecular complexity index is 1060. The van der Waals surface area contributed by atoms with Gasteiger partial charge in [0.15, 0.2) is 5.13 Å². The van der Waals surface area contributed by atoms with Gasteiger partial charge < -0.3 is 5.32 Å². The lowest BCUT2D eigenvalue weighted by Crippen LogP contribution is -2.13. The third-order valence-corrected chi connectivity index (χ3v) is 5.20. The van der Waals surface area contributed by atoms with E-state index >= 15 is 0 Å². The van der Waals surface area contributed by atoms with E-state index in [1.165, 1.54) is 30.4 Å². The first-order chi connectivity index (χ1) is 13.3. The summed E-state index contributed by atoms with van der Waals surface area (Å²) < 4.78 is 13.7. The Morgan fingerprint density at radius 3 is 2.68 bits per heavy atom. The fourth-order valence-corrected chi connectivity index (χ4v) is 3.64. The van der Waals surface area contributed by atoms with Gasteiger partial charge in [0, 0.05) is 40.0 Å². The molecule has 144 valence electrons. The number of hydrogen-bond acceptors (Lipinski definition) is 4. The number of anilines is 2. The molecule has 2 aromatic carbocycles. The van der Waals surface area contributed by atoms with Crippen LogP contribution in [0.2, 0.25) is 10.0 Å². The van der Waals surface area contributed by atoms with Crippen LogP contribution >= 0.6 is 34.5 Å². The maximum atomic E-state index is 13.7. The largest absolute Gasteiger partial charge is 0.324 e. The molecule has 1 heterocycles. The summed E-state index contributed by atoms with van der Waals surface area (Å²) in [5, 5.41) is 6.58. The Kier molecular flexibility index (Phi) is 6.28. The minimum Gasteiger partial charge on any atom is -0.324 e. The number of carbonyl (C=O) groups is 2. The maximum absolute atomic E-state index is 13.7. The summed E-state index contributed by atoms with van der Waals surface area (Å²) in [4.78, 5) is 28.6. The molecule has 3 aromatic rings. The zero-order valence-corrected chi connectivity index (χ0v) is 16.9. The van der Waals surface area contributed by atoms with Gasteiger partial charge in [-0.1, -0.05) is 23.2 Å². The molecule has 0 saturated carbocycles. The molecule has 0 fully saturated rings. The summed E-state index contributed by atoms with van der Waals surface area (Å²) in [5.41, 5.74) is 0.990. The number of aromatic nitrogens is 1. The molecule has 0 spiro atoms. The SMILES string of the molecule is CC(=O)Nc1cc(C(=O)Nc2ncc(Cc3cc(Cl)ccc3Cl)s2)ccc1F. The number of hydrogen-bond donors (Lipinski definition) is 2. The molecule has 3 rings (SSSR count). The van der Waals surface area contributed by atoms with Crippen molar-refractivity contribution in [2.75, 3.05) is 10.6 Å². The molecule has 1 aromatic heterocycles. The zero-order valence-electron chi connectivity index (χ0n) is 14.6. The average Bonchev–Trinajstić information content (AvgIpc) is 3.06. The van der Waals surface area contributed by atoms with E-state index in [0.29, 0.717) is 21.6 Å². The second-order valence-electron chi connectivity index (χ2n) is 5.87. The predicted molar refractivity (Wildman–Crippen MR) is 110 cm³/mol. The molecule has 0 radical (unpaired) electrons. The predicted octanol–water partition coefficient (Wildman–Crippen LogP) is 5.39. The second-order valence-corrected chi connectivity index (χ2v) is 7.83. The molecule has 28 heavy (non-hydrogen) atoms. The van der Waals surface area contributed by atoms with E-state index in [9.17, 15) is 14.0 Å². The van der Waals surface area contributed by atoms with Crippen LogP contribution in [0.15, 0.2) is 42.6 Å². The van der Waals surface area contributed by atoms with E-state index in [0.717, 1.165) is 16.5 Å². The first kappa shape index (κ1) is 20.3. The van der Waals surface area contributed by atoms with E-state index in [1.54, 1.807) is 24.4 Å². The Morgan fingerprint density at radius 1 is 1.14 bits per heavy atom. The lowest BCUT2D eigenvalue weighted by Gasteiger charge is -2.07. The molecule has 0 atom stereocenters. The van der Waals surface area contributed by atoms with E-state index in [2.05, 4.69) is 15.6 Å². The highest BCUT2D eigenvalue weighted by Crippen LogP contribution is 2.27. The van der Waals surface area contributed by atoms with Gasteiger partial charge in [-0.3, -0.25) is 14.9 Å². The highest BCUT2D eigenvalue weighted by molar-refractivity contribution is 7.15. The first-order valence-electron chi connectivity index (χ1n) is 8.09. The van der Waals surface area contributed by atoms with Crippen LogP contribution < -0.4 is 10.6 Å². The Balaban J connectivity index is 1.72.